The smallest absolute Gasteiger partial charge is 0.125 e. The molecule has 0 amide bonds. The molecule has 0 aromatic heterocycles. The minimum Gasteiger partial charge on any atom is -0.494 e. The highest BCUT2D eigenvalue weighted by Gasteiger charge is 2.01. The van der Waals surface area contributed by atoms with Gasteiger partial charge in [0.25, 0.3) is 0 Å². The van der Waals surface area contributed by atoms with E-state index >= 15 is 0 Å². The van der Waals surface area contributed by atoms with Crippen molar-refractivity contribution in [3.8, 4) is 5.75 Å². The Morgan fingerprint density at radius 3 is 2.63 bits per heavy atom. The largest absolute Gasteiger partial charge is 0.494 e. The lowest BCUT2D eigenvalue weighted by molar-refractivity contribution is 0.319. The number of nitrogens with two attached hydrogens (primary N) is 1. The van der Waals surface area contributed by atoms with Crippen molar-refractivity contribution in [1.29, 1.82) is 0 Å². The van der Waals surface area contributed by atoms with Gasteiger partial charge in [-0.25, -0.2) is 4.39 Å². The number of hydrogen-bond acceptors (Lipinski definition) is 3. The van der Waals surface area contributed by atoms with Crippen LogP contribution in [0.5, 0.6) is 5.75 Å². The van der Waals surface area contributed by atoms with E-state index in [1.165, 1.54) is 12.1 Å². The molecular formula is C15H16FNOS. The average molecular weight is 277 g/mol. The number of hydrogen-bond donors (Lipinski definition) is 1. The van der Waals surface area contributed by atoms with E-state index in [4.69, 9.17) is 10.5 Å². The van der Waals surface area contributed by atoms with Gasteiger partial charge in [0.2, 0.25) is 0 Å². The molecule has 0 aliphatic carbocycles. The standard InChI is InChI=1S/C15H16FNOS/c16-12-7-8-15(14(17)11-12)19-10-4-9-18-13-5-2-1-3-6-13/h1-3,5-8,11H,4,9-10,17H2. The highest BCUT2D eigenvalue weighted by Crippen LogP contribution is 2.26. The second-order valence-electron chi connectivity index (χ2n) is 4.05. The van der Waals surface area contributed by atoms with Crippen LogP contribution in [0, 0.1) is 5.82 Å². The molecule has 0 heterocycles. The van der Waals surface area contributed by atoms with Crippen molar-refractivity contribution in [3.05, 3.63) is 54.3 Å². The summed E-state index contributed by atoms with van der Waals surface area (Å²) < 4.78 is 18.5. The highest BCUT2D eigenvalue weighted by atomic mass is 32.2. The second-order valence-corrected chi connectivity index (χ2v) is 5.18. The van der Waals surface area contributed by atoms with Crippen LogP contribution in [0.4, 0.5) is 10.1 Å². The predicted octanol–water partition coefficient (Wildman–Crippen LogP) is 3.97. The van der Waals surface area contributed by atoms with Crippen molar-refractivity contribution < 1.29 is 9.13 Å². The van der Waals surface area contributed by atoms with Crippen molar-refractivity contribution in [3.63, 3.8) is 0 Å². The maximum atomic E-state index is 12.9. The van der Waals surface area contributed by atoms with Crippen LogP contribution < -0.4 is 10.5 Å². The fraction of sp³-hybridized carbons (Fsp3) is 0.200. The number of thioether (sulfide) groups is 1. The van der Waals surface area contributed by atoms with Gasteiger partial charge in [-0.1, -0.05) is 18.2 Å². The van der Waals surface area contributed by atoms with E-state index in [2.05, 4.69) is 0 Å². The zero-order chi connectivity index (χ0) is 13.5. The summed E-state index contributed by atoms with van der Waals surface area (Å²) in [4.78, 5) is 0.918. The van der Waals surface area contributed by atoms with Gasteiger partial charge in [0.05, 0.1) is 6.61 Å². The summed E-state index contributed by atoms with van der Waals surface area (Å²) in [6.45, 7) is 0.665. The summed E-state index contributed by atoms with van der Waals surface area (Å²) in [6.07, 6.45) is 0.913. The molecule has 0 bridgehead atoms. The van der Waals surface area contributed by atoms with Crippen molar-refractivity contribution in [2.24, 2.45) is 0 Å². The lowest BCUT2D eigenvalue weighted by Crippen LogP contribution is -1.99. The Labute approximate surface area is 116 Å². The van der Waals surface area contributed by atoms with Crippen molar-refractivity contribution in [2.45, 2.75) is 11.3 Å². The van der Waals surface area contributed by atoms with E-state index in [1.807, 2.05) is 30.3 Å². The first-order chi connectivity index (χ1) is 9.25. The van der Waals surface area contributed by atoms with Gasteiger partial charge >= 0.3 is 0 Å². The number of benzene rings is 2. The number of nitrogen functional groups attached to an aromatic ring is 1. The molecule has 0 aliphatic rings. The molecule has 0 aliphatic heterocycles. The van der Waals surface area contributed by atoms with Gasteiger partial charge in [0, 0.05) is 16.3 Å². The molecule has 0 saturated heterocycles. The minimum absolute atomic E-state index is 0.297. The van der Waals surface area contributed by atoms with Gasteiger partial charge < -0.3 is 10.5 Å². The van der Waals surface area contributed by atoms with Gasteiger partial charge in [-0.15, -0.1) is 11.8 Å². The van der Waals surface area contributed by atoms with Crippen molar-refractivity contribution >= 4 is 17.4 Å². The van der Waals surface area contributed by atoms with Crippen LogP contribution in [0.3, 0.4) is 0 Å². The van der Waals surface area contributed by atoms with Gasteiger partial charge in [0.1, 0.15) is 11.6 Å². The molecule has 4 heteroatoms. The first kappa shape index (κ1) is 13.7. The summed E-state index contributed by atoms with van der Waals surface area (Å²) in [7, 11) is 0. The van der Waals surface area contributed by atoms with E-state index in [1.54, 1.807) is 17.8 Å². The third kappa shape index (κ3) is 4.48. The maximum Gasteiger partial charge on any atom is 0.125 e. The van der Waals surface area contributed by atoms with Gasteiger partial charge in [0.15, 0.2) is 0 Å². The van der Waals surface area contributed by atoms with Gasteiger partial charge in [-0.3, -0.25) is 0 Å². The molecule has 0 unspecified atom stereocenters. The van der Waals surface area contributed by atoms with Crippen molar-refractivity contribution in [2.75, 3.05) is 18.1 Å². The zero-order valence-corrected chi connectivity index (χ0v) is 11.3. The Bertz CT molecular complexity index is 519. The molecule has 2 aromatic carbocycles. The first-order valence-electron chi connectivity index (χ1n) is 6.11. The Balaban J connectivity index is 1.69. The number of anilines is 1. The predicted molar refractivity (Wildman–Crippen MR) is 78.1 cm³/mol. The Hall–Kier alpha value is -1.68. The van der Waals surface area contributed by atoms with E-state index < -0.39 is 0 Å². The fourth-order valence-corrected chi connectivity index (χ4v) is 2.47. The third-order valence-electron chi connectivity index (χ3n) is 2.53. The van der Waals surface area contributed by atoms with Crippen LogP contribution in [0.25, 0.3) is 0 Å². The Morgan fingerprint density at radius 2 is 1.89 bits per heavy atom. The molecule has 0 radical (unpaired) electrons. The molecule has 100 valence electrons. The van der Waals surface area contributed by atoms with E-state index in [0.717, 1.165) is 22.8 Å². The van der Waals surface area contributed by atoms with Crippen LogP contribution in [-0.4, -0.2) is 12.4 Å². The van der Waals surface area contributed by atoms with E-state index in [9.17, 15) is 4.39 Å². The Kier molecular flexibility index (Phi) is 5.10. The highest BCUT2D eigenvalue weighted by molar-refractivity contribution is 7.99. The zero-order valence-electron chi connectivity index (χ0n) is 10.5. The quantitative estimate of drug-likeness (QED) is 0.493. The van der Waals surface area contributed by atoms with Gasteiger partial charge in [-0.2, -0.15) is 0 Å². The van der Waals surface area contributed by atoms with Crippen LogP contribution >= 0.6 is 11.8 Å². The van der Waals surface area contributed by atoms with E-state index in [0.29, 0.717) is 12.3 Å². The second kappa shape index (κ2) is 7.04. The summed E-state index contributed by atoms with van der Waals surface area (Å²) in [5, 5.41) is 0. The summed E-state index contributed by atoms with van der Waals surface area (Å²) in [6, 6.07) is 14.2. The summed E-state index contributed by atoms with van der Waals surface area (Å²) >= 11 is 1.62. The molecule has 0 saturated carbocycles. The number of rotatable bonds is 6. The molecular weight excluding hydrogens is 261 g/mol. The number of halogens is 1. The van der Waals surface area contributed by atoms with Crippen LogP contribution in [0.2, 0.25) is 0 Å². The van der Waals surface area contributed by atoms with Gasteiger partial charge in [-0.05, 0) is 36.8 Å². The minimum atomic E-state index is -0.297. The van der Waals surface area contributed by atoms with Crippen LogP contribution in [0.15, 0.2) is 53.4 Å². The SMILES string of the molecule is Nc1cc(F)ccc1SCCCOc1ccccc1. The molecule has 0 spiro atoms. The van der Waals surface area contributed by atoms with Crippen LogP contribution in [-0.2, 0) is 0 Å². The average Bonchev–Trinajstić information content (AvgIpc) is 2.42. The molecule has 0 fully saturated rings. The normalized spacial score (nSPS) is 10.4. The first-order valence-corrected chi connectivity index (χ1v) is 7.10. The Morgan fingerprint density at radius 1 is 1.11 bits per heavy atom. The van der Waals surface area contributed by atoms with E-state index in [-0.39, 0.29) is 5.82 Å². The molecule has 2 aromatic rings. The van der Waals surface area contributed by atoms with Crippen LogP contribution in [0.1, 0.15) is 6.42 Å². The fourth-order valence-electron chi connectivity index (χ4n) is 1.60. The topological polar surface area (TPSA) is 35.2 Å². The summed E-state index contributed by atoms with van der Waals surface area (Å²) in [5.74, 6) is 1.48. The monoisotopic (exact) mass is 277 g/mol. The molecule has 19 heavy (non-hydrogen) atoms. The maximum absolute atomic E-state index is 12.9. The molecule has 2 rings (SSSR count). The molecule has 2 N–H and O–H groups in total. The molecule has 2 nitrogen and oxygen atoms in total. The number of ether oxygens (including phenoxy) is 1. The third-order valence-corrected chi connectivity index (χ3v) is 3.71. The number of para-hydroxylation sites is 1. The van der Waals surface area contributed by atoms with Crippen molar-refractivity contribution in [1.82, 2.24) is 0 Å². The summed E-state index contributed by atoms with van der Waals surface area (Å²) in [5.41, 5.74) is 6.23. The lowest BCUT2D eigenvalue weighted by atomic mass is 10.3. The lowest BCUT2D eigenvalue weighted by Gasteiger charge is -2.07. The molecule has 0 atom stereocenters.